The molecule has 170 valence electrons. The van der Waals surface area contributed by atoms with E-state index in [2.05, 4.69) is 15.7 Å². The number of benzene rings is 2. The van der Waals surface area contributed by atoms with Gasteiger partial charge in [0.05, 0.1) is 18.2 Å². The molecule has 0 radical (unpaired) electrons. The van der Waals surface area contributed by atoms with Crippen molar-refractivity contribution in [2.75, 3.05) is 6.61 Å². The van der Waals surface area contributed by atoms with Gasteiger partial charge in [0.2, 0.25) is 5.88 Å². The standard InChI is InChI=1S/C23H18Cl3FN4O2/c24-14-7-6-13(18(25)9-14)8-15-11-32-31-22(28-15)17-10-20(26)29-30-23(17)33-19-3-1-2-16(21(19)27)12-4-5-12/h1-3,6-7,9-10,12,15H,4-5,8,11H2,(H,28,31). The molecular weight excluding hydrogens is 490 g/mol. The summed E-state index contributed by atoms with van der Waals surface area (Å²) in [5.74, 6) is 0.322. The molecule has 1 atom stereocenters. The predicted octanol–water partition coefficient (Wildman–Crippen LogP) is 6.14. The number of nitrogens with zero attached hydrogens (tertiary/aromatic N) is 3. The van der Waals surface area contributed by atoms with Crippen LogP contribution in [0.25, 0.3) is 0 Å². The van der Waals surface area contributed by atoms with Crippen LogP contribution in [0.5, 0.6) is 11.6 Å². The van der Waals surface area contributed by atoms with E-state index in [1.807, 2.05) is 6.07 Å². The van der Waals surface area contributed by atoms with Crippen LogP contribution in [-0.2, 0) is 11.3 Å². The summed E-state index contributed by atoms with van der Waals surface area (Å²) >= 11 is 18.4. The largest absolute Gasteiger partial charge is 0.434 e. The van der Waals surface area contributed by atoms with Crippen LogP contribution in [0.3, 0.4) is 0 Å². The highest BCUT2D eigenvalue weighted by Crippen LogP contribution is 2.43. The summed E-state index contributed by atoms with van der Waals surface area (Å²) in [5.41, 5.74) is 4.71. The fourth-order valence-corrected chi connectivity index (χ4v) is 4.28. The van der Waals surface area contributed by atoms with Gasteiger partial charge in [-0.3, -0.25) is 9.83 Å². The Morgan fingerprint density at radius 3 is 2.73 bits per heavy atom. The topological polar surface area (TPSA) is 68.6 Å². The molecule has 1 aliphatic carbocycles. The summed E-state index contributed by atoms with van der Waals surface area (Å²) in [7, 11) is 0. The number of ether oxygens (including phenoxy) is 1. The van der Waals surface area contributed by atoms with Crippen LogP contribution in [0, 0.1) is 5.82 Å². The Bertz CT molecular complexity index is 1240. The van der Waals surface area contributed by atoms with E-state index in [1.165, 1.54) is 0 Å². The maximum absolute atomic E-state index is 15.0. The van der Waals surface area contributed by atoms with Crippen molar-refractivity contribution in [3.63, 3.8) is 0 Å². The number of hydroxylamine groups is 1. The van der Waals surface area contributed by atoms with Gasteiger partial charge in [-0.2, -0.15) is 0 Å². The van der Waals surface area contributed by atoms with Crippen LogP contribution in [0.1, 0.15) is 35.4 Å². The first-order valence-electron chi connectivity index (χ1n) is 10.4. The van der Waals surface area contributed by atoms with Gasteiger partial charge >= 0.3 is 0 Å². The number of nitrogens with one attached hydrogen (secondary N) is 1. The maximum Gasteiger partial charge on any atom is 0.250 e. The first-order chi connectivity index (χ1) is 16.0. The van der Waals surface area contributed by atoms with Gasteiger partial charge in [-0.25, -0.2) is 9.87 Å². The molecule has 0 amide bonds. The molecule has 33 heavy (non-hydrogen) atoms. The van der Waals surface area contributed by atoms with E-state index >= 15 is 0 Å². The summed E-state index contributed by atoms with van der Waals surface area (Å²) in [5, 5.41) is 9.14. The summed E-state index contributed by atoms with van der Waals surface area (Å²) in [6, 6.07) is 11.7. The van der Waals surface area contributed by atoms with Crippen molar-refractivity contribution in [2.24, 2.45) is 4.99 Å². The van der Waals surface area contributed by atoms with Gasteiger partial charge in [-0.15, -0.1) is 10.2 Å². The highest BCUT2D eigenvalue weighted by atomic mass is 35.5. The smallest absolute Gasteiger partial charge is 0.250 e. The number of aliphatic imine (C=N–C) groups is 1. The summed E-state index contributed by atoms with van der Waals surface area (Å²) in [6.45, 7) is 0.322. The molecule has 1 saturated carbocycles. The van der Waals surface area contributed by atoms with E-state index in [0.29, 0.717) is 40.0 Å². The van der Waals surface area contributed by atoms with Gasteiger partial charge in [0.1, 0.15) is 0 Å². The van der Waals surface area contributed by atoms with Crippen LogP contribution < -0.4 is 10.2 Å². The minimum atomic E-state index is -0.396. The molecule has 2 aliphatic rings. The monoisotopic (exact) mass is 506 g/mol. The van der Waals surface area contributed by atoms with Crippen molar-refractivity contribution >= 4 is 40.6 Å². The van der Waals surface area contributed by atoms with Crippen molar-refractivity contribution < 1.29 is 14.0 Å². The van der Waals surface area contributed by atoms with Crippen LogP contribution in [0.2, 0.25) is 15.2 Å². The van der Waals surface area contributed by atoms with Gasteiger partial charge in [-0.05, 0) is 60.6 Å². The Labute approximate surface area is 204 Å². The number of halogens is 4. The van der Waals surface area contributed by atoms with E-state index in [4.69, 9.17) is 49.4 Å². The zero-order valence-corrected chi connectivity index (χ0v) is 19.5. The molecule has 2 heterocycles. The number of hydrogen-bond acceptors (Lipinski definition) is 6. The number of hydrogen-bond donors (Lipinski definition) is 1. The molecule has 1 aromatic heterocycles. The third-order valence-electron chi connectivity index (χ3n) is 5.43. The lowest BCUT2D eigenvalue weighted by Crippen LogP contribution is -2.37. The highest BCUT2D eigenvalue weighted by molar-refractivity contribution is 6.35. The van der Waals surface area contributed by atoms with Crippen molar-refractivity contribution in [1.82, 2.24) is 15.7 Å². The molecular formula is C23H18Cl3FN4O2. The van der Waals surface area contributed by atoms with Gasteiger partial charge in [-0.1, -0.05) is 53.0 Å². The first kappa shape index (κ1) is 22.3. The second-order valence-electron chi connectivity index (χ2n) is 7.91. The molecule has 6 nitrogen and oxygen atoms in total. The minimum absolute atomic E-state index is 0.0614. The SMILES string of the molecule is Fc1c(Oc2nnc(Cl)cc2C2=NC(Cc3ccc(Cl)cc3Cl)CON2)cccc1C1CC1. The summed E-state index contributed by atoms with van der Waals surface area (Å²) < 4.78 is 20.8. The Morgan fingerprint density at radius 2 is 1.94 bits per heavy atom. The molecule has 2 aromatic carbocycles. The van der Waals surface area contributed by atoms with Gasteiger partial charge in [0, 0.05) is 10.0 Å². The van der Waals surface area contributed by atoms with Crippen LogP contribution >= 0.6 is 34.8 Å². The summed E-state index contributed by atoms with van der Waals surface area (Å²) in [6.07, 6.45) is 2.48. The van der Waals surface area contributed by atoms with Crippen molar-refractivity contribution in [1.29, 1.82) is 0 Å². The van der Waals surface area contributed by atoms with Crippen molar-refractivity contribution in [3.8, 4) is 11.6 Å². The van der Waals surface area contributed by atoms with Crippen molar-refractivity contribution in [2.45, 2.75) is 31.2 Å². The third kappa shape index (κ3) is 5.06. The lowest BCUT2D eigenvalue weighted by atomic mass is 10.1. The average Bonchev–Trinajstić information content (AvgIpc) is 3.64. The van der Waals surface area contributed by atoms with E-state index in [9.17, 15) is 4.39 Å². The zero-order chi connectivity index (χ0) is 22.9. The fourth-order valence-electron chi connectivity index (χ4n) is 3.64. The Morgan fingerprint density at radius 1 is 1.09 bits per heavy atom. The normalized spacial score (nSPS) is 17.9. The van der Waals surface area contributed by atoms with E-state index in [-0.39, 0.29) is 28.7 Å². The molecule has 5 rings (SSSR count). The Balaban J connectivity index is 1.44. The highest BCUT2D eigenvalue weighted by Gasteiger charge is 2.29. The lowest BCUT2D eigenvalue weighted by Gasteiger charge is -2.23. The van der Waals surface area contributed by atoms with E-state index in [1.54, 1.807) is 36.4 Å². The van der Waals surface area contributed by atoms with Crippen LogP contribution in [0.15, 0.2) is 47.5 Å². The molecule has 3 aromatic rings. The minimum Gasteiger partial charge on any atom is -0.434 e. The Kier molecular flexibility index (Phi) is 6.38. The lowest BCUT2D eigenvalue weighted by molar-refractivity contribution is 0.0623. The molecule has 1 unspecified atom stereocenters. The number of rotatable bonds is 6. The molecule has 1 N–H and O–H groups in total. The molecule has 1 aliphatic heterocycles. The molecule has 10 heteroatoms. The molecule has 0 bridgehead atoms. The molecule has 0 saturated heterocycles. The van der Waals surface area contributed by atoms with E-state index < -0.39 is 5.82 Å². The fraction of sp³-hybridized carbons (Fsp3) is 0.261. The second-order valence-corrected chi connectivity index (χ2v) is 9.14. The number of aromatic nitrogens is 2. The quantitative estimate of drug-likeness (QED) is 0.434. The van der Waals surface area contributed by atoms with Crippen molar-refractivity contribution in [3.05, 3.63) is 80.2 Å². The van der Waals surface area contributed by atoms with Crippen LogP contribution in [-0.4, -0.2) is 28.7 Å². The van der Waals surface area contributed by atoms with Gasteiger partial charge in [0.15, 0.2) is 22.6 Å². The number of amidine groups is 1. The predicted molar refractivity (Wildman–Crippen MR) is 125 cm³/mol. The Hall–Kier alpha value is -2.45. The maximum atomic E-state index is 15.0. The summed E-state index contributed by atoms with van der Waals surface area (Å²) in [4.78, 5) is 10.3. The average molecular weight is 508 g/mol. The zero-order valence-electron chi connectivity index (χ0n) is 17.2. The second kappa shape index (κ2) is 9.43. The van der Waals surface area contributed by atoms with Crippen LogP contribution in [0.4, 0.5) is 4.39 Å². The van der Waals surface area contributed by atoms with Gasteiger partial charge < -0.3 is 4.74 Å². The van der Waals surface area contributed by atoms with Gasteiger partial charge in [0.25, 0.3) is 0 Å². The molecule has 0 spiro atoms. The first-order valence-corrected chi connectivity index (χ1v) is 11.5. The third-order valence-corrected chi connectivity index (χ3v) is 6.20. The molecule has 1 fully saturated rings. The van der Waals surface area contributed by atoms with E-state index in [0.717, 1.165) is 18.4 Å².